The fourth-order valence-corrected chi connectivity index (χ4v) is 4.13. The van der Waals surface area contributed by atoms with Gasteiger partial charge in [-0.1, -0.05) is 40.5 Å². The fourth-order valence-electron chi connectivity index (χ4n) is 4.13. The van der Waals surface area contributed by atoms with Crippen molar-refractivity contribution in [2.45, 2.75) is 86.1 Å². The topological polar surface area (TPSA) is 19.0 Å². The molecule has 4 nitrogen and oxygen atoms in total. The van der Waals surface area contributed by atoms with Crippen LogP contribution < -0.4 is 0 Å². The van der Waals surface area contributed by atoms with E-state index in [1.165, 1.54) is 90.9 Å². The van der Waals surface area contributed by atoms with Crippen LogP contribution in [-0.2, 0) is 4.74 Å². The van der Waals surface area contributed by atoms with Crippen molar-refractivity contribution in [1.82, 2.24) is 14.7 Å². The number of piperazine rings is 1. The van der Waals surface area contributed by atoms with Crippen LogP contribution in [0.5, 0.6) is 0 Å². The molecule has 0 aromatic heterocycles. The third kappa shape index (κ3) is 13.0. The van der Waals surface area contributed by atoms with Gasteiger partial charge in [0.2, 0.25) is 0 Å². The van der Waals surface area contributed by atoms with Crippen LogP contribution >= 0.6 is 0 Å². The summed E-state index contributed by atoms with van der Waals surface area (Å²) in [5, 5.41) is 0. The average molecular weight is 412 g/mol. The molecule has 0 unspecified atom stereocenters. The summed E-state index contributed by atoms with van der Waals surface area (Å²) in [6, 6.07) is 0.729. The van der Waals surface area contributed by atoms with Crippen molar-refractivity contribution < 1.29 is 4.74 Å². The first-order valence-electron chi connectivity index (χ1n) is 12.7. The molecule has 29 heavy (non-hydrogen) atoms. The normalized spacial score (nSPS) is 20.3. The first kappa shape index (κ1) is 26.9. The van der Waals surface area contributed by atoms with Crippen molar-refractivity contribution in [3.63, 3.8) is 0 Å². The molecule has 0 aromatic carbocycles. The van der Waals surface area contributed by atoms with Gasteiger partial charge in [0.05, 0.1) is 0 Å². The van der Waals surface area contributed by atoms with E-state index in [9.17, 15) is 0 Å². The molecule has 4 heteroatoms. The van der Waals surface area contributed by atoms with Crippen molar-refractivity contribution in [3.8, 4) is 0 Å². The molecule has 0 aromatic rings. The van der Waals surface area contributed by atoms with E-state index in [-0.39, 0.29) is 0 Å². The average Bonchev–Trinajstić information content (AvgIpc) is 2.72. The Morgan fingerprint density at radius 3 is 2.00 bits per heavy atom. The molecule has 2 saturated heterocycles. The minimum absolute atomic E-state index is 0.729. The number of hydrogen-bond donors (Lipinski definition) is 0. The van der Waals surface area contributed by atoms with Crippen LogP contribution in [0.3, 0.4) is 0 Å². The zero-order valence-corrected chi connectivity index (χ0v) is 20.8. The molecular weight excluding hydrogens is 358 g/mol. The molecule has 0 bridgehead atoms. The molecule has 174 valence electrons. The predicted molar refractivity (Wildman–Crippen MR) is 128 cm³/mol. The van der Waals surface area contributed by atoms with Crippen LogP contribution in [0.1, 0.15) is 80.1 Å². The van der Waals surface area contributed by atoms with E-state index in [1.54, 1.807) is 0 Å². The lowest BCUT2D eigenvalue weighted by molar-refractivity contribution is 0.0628. The van der Waals surface area contributed by atoms with Gasteiger partial charge in [-0.05, 0) is 77.5 Å². The van der Waals surface area contributed by atoms with Crippen molar-refractivity contribution in [3.05, 3.63) is 0 Å². The first-order valence-corrected chi connectivity index (χ1v) is 12.7. The minimum atomic E-state index is 0.729. The van der Waals surface area contributed by atoms with Gasteiger partial charge >= 0.3 is 0 Å². The Kier molecular flexibility index (Phi) is 15.3. The molecule has 2 rings (SSSR count). The molecular formula is C25H53N3O. The fraction of sp³-hybridized carbons (Fsp3) is 1.00. The highest BCUT2D eigenvalue weighted by Crippen LogP contribution is 2.17. The van der Waals surface area contributed by atoms with E-state index in [0.29, 0.717) is 0 Å². The summed E-state index contributed by atoms with van der Waals surface area (Å²) >= 11 is 0. The number of unbranched alkanes of at least 4 members (excludes halogenated alkanes) is 2. The number of nitrogens with zero attached hydrogens (tertiary/aromatic N) is 3. The van der Waals surface area contributed by atoms with Gasteiger partial charge in [0.1, 0.15) is 0 Å². The molecule has 0 N–H and O–H groups in total. The van der Waals surface area contributed by atoms with Crippen LogP contribution in [0.4, 0.5) is 0 Å². The third-order valence-electron chi connectivity index (χ3n) is 6.56. The van der Waals surface area contributed by atoms with Crippen LogP contribution in [-0.4, -0.2) is 86.3 Å². The van der Waals surface area contributed by atoms with Crippen LogP contribution in [0, 0.1) is 11.8 Å². The van der Waals surface area contributed by atoms with Gasteiger partial charge in [-0.15, -0.1) is 0 Å². The minimum Gasteiger partial charge on any atom is -0.381 e. The lowest BCUT2D eigenvalue weighted by Crippen LogP contribution is -2.48. The number of likely N-dealkylation sites (tertiary alicyclic amines) is 1. The lowest BCUT2D eigenvalue weighted by Gasteiger charge is -2.36. The molecule has 2 heterocycles. The number of hydrogen-bond acceptors (Lipinski definition) is 4. The van der Waals surface area contributed by atoms with Gasteiger partial charge in [0, 0.05) is 45.4 Å². The Balaban J connectivity index is 0.000000291. The monoisotopic (exact) mass is 411 g/mol. The standard InChI is InChI=1S/C13H27NO.C12H26N2/c1-4-14-8-5-13(6-9-14)11-15-10-7-12(2)3;1-4-5-6-7-13-8-10-14(11-9-13)12(2)3/h12-13H,4-11H2,1-3H3;12H,4-11H2,1-3H3. The smallest absolute Gasteiger partial charge is 0.0495 e. The summed E-state index contributed by atoms with van der Waals surface area (Å²) in [7, 11) is 0. The van der Waals surface area contributed by atoms with Crippen molar-refractivity contribution in [2.75, 3.05) is 65.6 Å². The maximum absolute atomic E-state index is 5.73. The second-order valence-electron chi connectivity index (χ2n) is 9.81. The lowest BCUT2D eigenvalue weighted by atomic mass is 9.98. The third-order valence-corrected chi connectivity index (χ3v) is 6.56. The molecule has 0 amide bonds. The Hall–Kier alpha value is -0.160. The van der Waals surface area contributed by atoms with Crippen LogP contribution in [0.15, 0.2) is 0 Å². The highest BCUT2D eigenvalue weighted by Gasteiger charge is 2.18. The zero-order chi connectivity index (χ0) is 21.5. The maximum Gasteiger partial charge on any atom is 0.0495 e. The van der Waals surface area contributed by atoms with Gasteiger partial charge in [-0.2, -0.15) is 0 Å². The molecule has 0 saturated carbocycles. The van der Waals surface area contributed by atoms with Crippen LogP contribution in [0.2, 0.25) is 0 Å². The van der Waals surface area contributed by atoms with Gasteiger partial charge in [0.15, 0.2) is 0 Å². The van der Waals surface area contributed by atoms with Crippen molar-refractivity contribution >= 4 is 0 Å². The second kappa shape index (κ2) is 16.5. The van der Waals surface area contributed by atoms with Gasteiger partial charge in [0.25, 0.3) is 0 Å². The summed E-state index contributed by atoms with van der Waals surface area (Å²) in [5.74, 6) is 1.59. The van der Waals surface area contributed by atoms with Gasteiger partial charge < -0.3 is 14.5 Å². The van der Waals surface area contributed by atoms with E-state index in [0.717, 1.165) is 31.1 Å². The Morgan fingerprint density at radius 1 is 0.828 bits per heavy atom. The quantitative estimate of drug-likeness (QED) is 0.446. The summed E-state index contributed by atoms with van der Waals surface area (Å²) in [6.07, 6.45) is 7.98. The number of piperidine rings is 1. The largest absolute Gasteiger partial charge is 0.381 e. The Labute approximate surface area is 183 Å². The Bertz CT molecular complexity index is 359. The second-order valence-corrected chi connectivity index (χ2v) is 9.81. The molecule has 0 spiro atoms. The highest BCUT2D eigenvalue weighted by atomic mass is 16.5. The van der Waals surface area contributed by atoms with Gasteiger partial charge in [-0.3, -0.25) is 4.90 Å². The van der Waals surface area contributed by atoms with Gasteiger partial charge in [-0.25, -0.2) is 0 Å². The molecule has 0 radical (unpaired) electrons. The predicted octanol–water partition coefficient (Wildman–Crippen LogP) is 4.98. The Morgan fingerprint density at radius 2 is 1.48 bits per heavy atom. The summed E-state index contributed by atoms with van der Waals surface area (Å²) in [6.45, 7) is 25.7. The maximum atomic E-state index is 5.73. The summed E-state index contributed by atoms with van der Waals surface area (Å²) in [5.41, 5.74) is 0. The summed E-state index contributed by atoms with van der Waals surface area (Å²) in [4.78, 5) is 7.73. The van der Waals surface area contributed by atoms with E-state index in [1.807, 2.05) is 0 Å². The van der Waals surface area contributed by atoms with E-state index < -0.39 is 0 Å². The molecule has 0 atom stereocenters. The SMILES string of the molecule is CCCCCN1CCN(C(C)C)CC1.CCN1CCC(COCCC(C)C)CC1. The summed E-state index contributed by atoms with van der Waals surface area (Å²) < 4.78 is 5.73. The molecule has 0 aliphatic carbocycles. The molecule has 2 fully saturated rings. The molecule has 2 aliphatic heterocycles. The van der Waals surface area contributed by atoms with Crippen LogP contribution in [0.25, 0.3) is 0 Å². The first-order chi connectivity index (χ1) is 14.0. The highest BCUT2D eigenvalue weighted by molar-refractivity contribution is 4.74. The van der Waals surface area contributed by atoms with Crippen molar-refractivity contribution in [2.24, 2.45) is 11.8 Å². The van der Waals surface area contributed by atoms with E-state index in [2.05, 4.69) is 56.2 Å². The van der Waals surface area contributed by atoms with Crippen molar-refractivity contribution in [1.29, 1.82) is 0 Å². The zero-order valence-electron chi connectivity index (χ0n) is 20.8. The van der Waals surface area contributed by atoms with E-state index in [4.69, 9.17) is 4.74 Å². The number of rotatable bonds is 11. The van der Waals surface area contributed by atoms with E-state index >= 15 is 0 Å². The number of ether oxygens (including phenoxy) is 1. The molecule has 2 aliphatic rings.